The van der Waals surface area contributed by atoms with Crippen molar-refractivity contribution in [2.75, 3.05) is 26.7 Å². The van der Waals surface area contributed by atoms with Gasteiger partial charge in [-0.15, -0.1) is 0 Å². The van der Waals surface area contributed by atoms with Gasteiger partial charge in [0.2, 0.25) is 0 Å². The first-order chi connectivity index (χ1) is 11.1. The Labute approximate surface area is 137 Å². The van der Waals surface area contributed by atoms with Crippen LogP contribution in [0.25, 0.3) is 0 Å². The van der Waals surface area contributed by atoms with Gasteiger partial charge in [0.25, 0.3) is 5.91 Å². The van der Waals surface area contributed by atoms with Crippen molar-refractivity contribution < 1.29 is 9.53 Å². The number of fused-ring (bicyclic) bond motifs is 1. The first-order valence-corrected chi connectivity index (χ1v) is 8.64. The standard InChI is InChI=1S/C18H25N3O2/c1-12-3-4-14(7-19-12)8-21-9-15-16(10-21)20(2)18(22)17(15)23-11-13-5-6-13/h3-4,7,13,15-17H,5-6,8-11H2,1-2H3/t15-,16+,17-/m0/s1. The van der Waals surface area contributed by atoms with Gasteiger partial charge in [-0.1, -0.05) is 6.07 Å². The van der Waals surface area contributed by atoms with Crippen LogP contribution in [0.15, 0.2) is 18.3 Å². The molecule has 0 N–H and O–H groups in total. The van der Waals surface area contributed by atoms with Crippen LogP contribution in [0, 0.1) is 18.8 Å². The maximum absolute atomic E-state index is 12.4. The van der Waals surface area contributed by atoms with Gasteiger partial charge in [0.05, 0.1) is 12.6 Å². The molecule has 1 saturated carbocycles. The number of likely N-dealkylation sites (N-methyl/N-ethyl adjacent to an activating group) is 1. The maximum Gasteiger partial charge on any atom is 0.252 e. The molecule has 1 aromatic rings. The summed E-state index contributed by atoms with van der Waals surface area (Å²) in [7, 11) is 1.93. The molecule has 0 radical (unpaired) electrons. The fourth-order valence-corrected chi connectivity index (χ4v) is 3.85. The minimum Gasteiger partial charge on any atom is -0.368 e. The number of pyridine rings is 1. The number of likely N-dealkylation sites (tertiary alicyclic amines) is 2. The van der Waals surface area contributed by atoms with Gasteiger partial charge in [0, 0.05) is 44.5 Å². The molecule has 0 spiro atoms. The van der Waals surface area contributed by atoms with Gasteiger partial charge in [0.15, 0.2) is 0 Å². The lowest BCUT2D eigenvalue weighted by Crippen LogP contribution is -2.37. The van der Waals surface area contributed by atoms with Gasteiger partial charge in [0.1, 0.15) is 6.10 Å². The SMILES string of the molecule is Cc1ccc(CN2C[C@@H]3[C@H](OCC4CC4)C(=O)N(C)[C@@H]3C2)cn1. The van der Waals surface area contributed by atoms with Crippen molar-refractivity contribution in [2.45, 2.75) is 38.5 Å². The van der Waals surface area contributed by atoms with Crippen LogP contribution in [0.1, 0.15) is 24.1 Å². The normalized spacial score (nSPS) is 31.0. The molecule has 0 unspecified atom stereocenters. The number of ether oxygens (including phenoxy) is 1. The minimum absolute atomic E-state index is 0.178. The third kappa shape index (κ3) is 3.00. The Hall–Kier alpha value is -1.46. The number of aromatic nitrogens is 1. The fraction of sp³-hybridized carbons (Fsp3) is 0.667. The summed E-state index contributed by atoms with van der Waals surface area (Å²) < 4.78 is 6.01. The highest BCUT2D eigenvalue weighted by molar-refractivity contribution is 5.84. The molecule has 5 heteroatoms. The van der Waals surface area contributed by atoms with E-state index in [0.29, 0.717) is 17.9 Å². The zero-order valence-electron chi connectivity index (χ0n) is 13.9. The van der Waals surface area contributed by atoms with Crippen LogP contribution in [0.4, 0.5) is 0 Å². The van der Waals surface area contributed by atoms with Gasteiger partial charge >= 0.3 is 0 Å². The van der Waals surface area contributed by atoms with Gasteiger partial charge in [-0.3, -0.25) is 14.7 Å². The summed E-state index contributed by atoms with van der Waals surface area (Å²) in [6.07, 6.45) is 4.25. The number of carbonyl (C=O) groups is 1. The van der Waals surface area contributed by atoms with E-state index < -0.39 is 0 Å². The quantitative estimate of drug-likeness (QED) is 0.825. The molecule has 2 aliphatic heterocycles. The second kappa shape index (κ2) is 5.87. The van der Waals surface area contributed by atoms with Crippen molar-refractivity contribution in [2.24, 2.45) is 11.8 Å². The van der Waals surface area contributed by atoms with Gasteiger partial charge in [-0.2, -0.15) is 0 Å². The van der Waals surface area contributed by atoms with E-state index in [2.05, 4.69) is 22.0 Å². The van der Waals surface area contributed by atoms with Crippen LogP contribution in [-0.2, 0) is 16.1 Å². The summed E-state index contributed by atoms with van der Waals surface area (Å²) in [6, 6.07) is 4.50. The lowest BCUT2D eigenvalue weighted by molar-refractivity contribution is -0.138. The third-order valence-electron chi connectivity index (χ3n) is 5.47. The molecule has 1 aliphatic carbocycles. The van der Waals surface area contributed by atoms with E-state index in [1.807, 2.05) is 25.1 Å². The van der Waals surface area contributed by atoms with Crippen molar-refractivity contribution in [1.82, 2.24) is 14.8 Å². The molecule has 3 aliphatic rings. The Kier molecular flexibility index (Phi) is 3.85. The molecule has 124 valence electrons. The molecule has 3 fully saturated rings. The highest BCUT2D eigenvalue weighted by Gasteiger charge is 2.51. The first-order valence-electron chi connectivity index (χ1n) is 8.64. The van der Waals surface area contributed by atoms with E-state index in [9.17, 15) is 4.79 Å². The Morgan fingerprint density at radius 3 is 2.83 bits per heavy atom. The maximum atomic E-state index is 12.4. The van der Waals surface area contributed by atoms with E-state index in [1.165, 1.54) is 18.4 Å². The molecule has 4 rings (SSSR count). The summed E-state index contributed by atoms with van der Waals surface area (Å²) in [5, 5.41) is 0. The van der Waals surface area contributed by atoms with Crippen LogP contribution in [0.2, 0.25) is 0 Å². The second-order valence-electron chi connectivity index (χ2n) is 7.38. The molecule has 3 heterocycles. The molecule has 23 heavy (non-hydrogen) atoms. The van der Waals surface area contributed by atoms with E-state index in [-0.39, 0.29) is 12.0 Å². The Morgan fingerprint density at radius 2 is 2.13 bits per heavy atom. The summed E-state index contributed by atoms with van der Waals surface area (Å²) in [6.45, 7) is 5.54. The summed E-state index contributed by atoms with van der Waals surface area (Å²) >= 11 is 0. The molecule has 1 amide bonds. The van der Waals surface area contributed by atoms with E-state index in [0.717, 1.165) is 31.9 Å². The molecule has 2 saturated heterocycles. The molecule has 0 bridgehead atoms. The van der Waals surface area contributed by atoms with Crippen LogP contribution < -0.4 is 0 Å². The van der Waals surface area contributed by atoms with Crippen molar-refractivity contribution in [3.05, 3.63) is 29.6 Å². The highest BCUT2D eigenvalue weighted by atomic mass is 16.5. The van der Waals surface area contributed by atoms with Gasteiger partial charge in [-0.25, -0.2) is 0 Å². The Balaban J connectivity index is 1.40. The van der Waals surface area contributed by atoms with Crippen LogP contribution in [-0.4, -0.2) is 59.6 Å². The Bertz CT molecular complexity index is 584. The average molecular weight is 315 g/mol. The molecule has 5 nitrogen and oxygen atoms in total. The van der Waals surface area contributed by atoms with E-state index in [1.54, 1.807) is 0 Å². The Morgan fingerprint density at radius 1 is 1.30 bits per heavy atom. The largest absolute Gasteiger partial charge is 0.368 e. The minimum atomic E-state index is -0.230. The van der Waals surface area contributed by atoms with E-state index in [4.69, 9.17) is 4.74 Å². The number of hydrogen-bond donors (Lipinski definition) is 0. The van der Waals surface area contributed by atoms with Gasteiger partial charge < -0.3 is 9.64 Å². The molecule has 1 aromatic heterocycles. The first kappa shape index (κ1) is 15.1. The lowest BCUT2D eigenvalue weighted by Gasteiger charge is -2.22. The predicted octanol–water partition coefficient (Wildman–Crippen LogP) is 1.46. The number of amides is 1. The lowest BCUT2D eigenvalue weighted by atomic mass is 10.0. The molecular formula is C18H25N3O2. The highest BCUT2D eigenvalue weighted by Crippen LogP contribution is 2.36. The van der Waals surface area contributed by atoms with Crippen LogP contribution >= 0.6 is 0 Å². The number of aryl methyl sites for hydroxylation is 1. The topological polar surface area (TPSA) is 45.7 Å². The van der Waals surface area contributed by atoms with Crippen molar-refractivity contribution in [3.63, 3.8) is 0 Å². The van der Waals surface area contributed by atoms with Crippen molar-refractivity contribution in [1.29, 1.82) is 0 Å². The zero-order valence-corrected chi connectivity index (χ0v) is 13.9. The zero-order chi connectivity index (χ0) is 16.0. The number of hydrogen-bond acceptors (Lipinski definition) is 4. The predicted molar refractivity (Wildman–Crippen MR) is 86.8 cm³/mol. The smallest absolute Gasteiger partial charge is 0.252 e. The van der Waals surface area contributed by atoms with E-state index >= 15 is 0 Å². The summed E-state index contributed by atoms with van der Waals surface area (Å²) in [5.74, 6) is 1.19. The summed E-state index contributed by atoms with van der Waals surface area (Å²) in [4.78, 5) is 21.1. The molecular weight excluding hydrogens is 290 g/mol. The van der Waals surface area contributed by atoms with Crippen molar-refractivity contribution in [3.8, 4) is 0 Å². The van der Waals surface area contributed by atoms with Crippen LogP contribution in [0.5, 0.6) is 0 Å². The number of nitrogens with zero attached hydrogens (tertiary/aromatic N) is 3. The molecule has 0 aromatic carbocycles. The number of carbonyl (C=O) groups excluding carboxylic acids is 1. The van der Waals surface area contributed by atoms with Gasteiger partial charge in [-0.05, 0) is 37.3 Å². The second-order valence-corrected chi connectivity index (χ2v) is 7.38. The monoisotopic (exact) mass is 315 g/mol. The van der Waals surface area contributed by atoms with Crippen LogP contribution in [0.3, 0.4) is 0 Å². The molecule has 3 atom stereocenters. The fourth-order valence-electron chi connectivity index (χ4n) is 3.85. The van der Waals surface area contributed by atoms with Crippen molar-refractivity contribution >= 4 is 5.91 Å². The summed E-state index contributed by atoms with van der Waals surface area (Å²) in [5.41, 5.74) is 2.28. The average Bonchev–Trinajstić information content (AvgIpc) is 3.24. The number of rotatable bonds is 5. The third-order valence-corrected chi connectivity index (χ3v) is 5.47.